The lowest BCUT2D eigenvalue weighted by molar-refractivity contribution is 0.352. The number of methoxy groups -OCH3 is 2. The number of hydrogen-bond acceptors (Lipinski definition) is 4. The molecule has 0 saturated heterocycles. The summed E-state index contributed by atoms with van der Waals surface area (Å²) in [6, 6.07) is 15.7. The van der Waals surface area contributed by atoms with Crippen LogP contribution in [0, 0.1) is 0 Å². The van der Waals surface area contributed by atoms with Gasteiger partial charge in [0.25, 0.3) is 0 Å². The van der Waals surface area contributed by atoms with Gasteiger partial charge in [0.15, 0.2) is 11.5 Å². The monoisotopic (exact) mass is 328 g/mol. The lowest BCUT2D eigenvalue weighted by Crippen LogP contribution is -2.04. The predicted octanol–water partition coefficient (Wildman–Crippen LogP) is 4.52. The van der Waals surface area contributed by atoms with Crippen LogP contribution in [0.25, 0.3) is 10.8 Å². The highest BCUT2D eigenvalue weighted by molar-refractivity contribution is 6.34. The highest BCUT2D eigenvalue weighted by atomic mass is 35.5. The summed E-state index contributed by atoms with van der Waals surface area (Å²) < 4.78 is 10.8. The van der Waals surface area contributed by atoms with Crippen molar-refractivity contribution in [2.75, 3.05) is 19.5 Å². The highest BCUT2D eigenvalue weighted by Crippen LogP contribution is 2.31. The maximum absolute atomic E-state index is 6.25. The zero-order chi connectivity index (χ0) is 16.2. The molecule has 2 aromatic carbocycles. The Morgan fingerprint density at radius 1 is 1.04 bits per heavy atom. The summed E-state index contributed by atoms with van der Waals surface area (Å²) in [5.74, 6) is 2.14. The smallest absolute Gasteiger partial charge is 0.165 e. The van der Waals surface area contributed by atoms with E-state index in [4.69, 9.17) is 21.1 Å². The molecule has 0 unspecified atom stereocenters. The van der Waals surface area contributed by atoms with Crippen molar-refractivity contribution in [1.29, 1.82) is 0 Å². The van der Waals surface area contributed by atoms with Gasteiger partial charge in [-0.1, -0.05) is 48.0 Å². The van der Waals surface area contributed by atoms with Gasteiger partial charge in [0, 0.05) is 17.5 Å². The molecular formula is C18H17ClN2O2. The number of nitrogens with one attached hydrogen (secondary N) is 1. The standard InChI is InChI=1S/C18H17ClN2O2/c1-22-15-9-5-7-13(17(15)23-2)11-20-16-10-12-6-3-4-8-14(12)18(19)21-16/h3-10H,11H2,1-2H3,(H,20,21). The van der Waals surface area contributed by atoms with Gasteiger partial charge in [-0.05, 0) is 17.5 Å². The van der Waals surface area contributed by atoms with E-state index < -0.39 is 0 Å². The van der Waals surface area contributed by atoms with Crippen LogP contribution in [0.1, 0.15) is 5.56 Å². The molecule has 118 valence electrons. The third-order valence-electron chi connectivity index (χ3n) is 3.64. The van der Waals surface area contributed by atoms with Gasteiger partial charge < -0.3 is 14.8 Å². The Kier molecular flexibility index (Phi) is 4.53. The third-order valence-corrected chi connectivity index (χ3v) is 3.93. The Bertz CT molecular complexity index is 836. The number of nitrogens with zero attached hydrogens (tertiary/aromatic N) is 1. The van der Waals surface area contributed by atoms with E-state index in [1.165, 1.54) is 0 Å². The van der Waals surface area contributed by atoms with Crippen molar-refractivity contribution < 1.29 is 9.47 Å². The summed E-state index contributed by atoms with van der Waals surface area (Å²) in [4.78, 5) is 4.40. The van der Waals surface area contributed by atoms with Gasteiger partial charge in [0.05, 0.1) is 14.2 Å². The number of hydrogen-bond donors (Lipinski definition) is 1. The Labute approximate surface area is 140 Å². The minimum Gasteiger partial charge on any atom is -0.493 e. The van der Waals surface area contributed by atoms with Crippen LogP contribution in [0.4, 0.5) is 5.82 Å². The molecule has 0 atom stereocenters. The minimum absolute atomic E-state index is 0.489. The molecule has 23 heavy (non-hydrogen) atoms. The van der Waals surface area contributed by atoms with E-state index in [9.17, 15) is 0 Å². The number of benzene rings is 2. The lowest BCUT2D eigenvalue weighted by atomic mass is 10.1. The number of para-hydroxylation sites is 1. The van der Waals surface area contributed by atoms with Crippen LogP contribution < -0.4 is 14.8 Å². The fourth-order valence-corrected chi connectivity index (χ4v) is 2.79. The van der Waals surface area contributed by atoms with Gasteiger partial charge >= 0.3 is 0 Å². The summed E-state index contributed by atoms with van der Waals surface area (Å²) in [5.41, 5.74) is 0.984. The molecule has 1 heterocycles. The van der Waals surface area contributed by atoms with Crippen LogP contribution in [-0.2, 0) is 6.54 Å². The second-order valence-corrected chi connectivity index (χ2v) is 5.38. The third kappa shape index (κ3) is 3.17. The number of pyridine rings is 1. The van der Waals surface area contributed by atoms with Gasteiger partial charge in [-0.3, -0.25) is 0 Å². The van der Waals surface area contributed by atoms with Crippen LogP contribution in [-0.4, -0.2) is 19.2 Å². The maximum atomic E-state index is 6.25. The van der Waals surface area contributed by atoms with Gasteiger partial charge in [-0.2, -0.15) is 0 Å². The zero-order valence-corrected chi connectivity index (χ0v) is 13.7. The predicted molar refractivity (Wildman–Crippen MR) is 93.6 cm³/mol. The Morgan fingerprint density at radius 2 is 1.87 bits per heavy atom. The first-order valence-corrected chi connectivity index (χ1v) is 7.59. The van der Waals surface area contributed by atoms with E-state index >= 15 is 0 Å². The Hall–Kier alpha value is -2.46. The van der Waals surface area contributed by atoms with Crippen molar-refractivity contribution in [2.45, 2.75) is 6.54 Å². The number of ether oxygens (including phenoxy) is 2. The molecule has 0 radical (unpaired) electrons. The van der Waals surface area contributed by atoms with Gasteiger partial charge in [0.1, 0.15) is 11.0 Å². The molecule has 3 rings (SSSR count). The van der Waals surface area contributed by atoms with Crippen molar-refractivity contribution >= 4 is 28.2 Å². The van der Waals surface area contributed by atoms with E-state index in [1.807, 2.05) is 48.5 Å². The molecule has 0 aliphatic carbocycles. The van der Waals surface area contributed by atoms with Gasteiger partial charge in [-0.25, -0.2) is 4.98 Å². The molecule has 1 N–H and O–H groups in total. The molecule has 0 aliphatic heterocycles. The summed E-state index contributed by atoms with van der Waals surface area (Å²) in [6.45, 7) is 0.558. The second kappa shape index (κ2) is 6.75. The van der Waals surface area contributed by atoms with Crippen molar-refractivity contribution in [3.63, 3.8) is 0 Å². The van der Waals surface area contributed by atoms with E-state index in [1.54, 1.807) is 14.2 Å². The van der Waals surface area contributed by atoms with E-state index in [2.05, 4.69) is 10.3 Å². The van der Waals surface area contributed by atoms with Gasteiger partial charge in [0.2, 0.25) is 0 Å². The van der Waals surface area contributed by atoms with Crippen LogP contribution >= 0.6 is 11.6 Å². The highest BCUT2D eigenvalue weighted by Gasteiger charge is 2.10. The van der Waals surface area contributed by atoms with Crippen LogP contribution in [0.3, 0.4) is 0 Å². The normalized spacial score (nSPS) is 10.6. The summed E-state index contributed by atoms with van der Waals surface area (Å²) in [7, 11) is 3.26. The first-order chi connectivity index (χ1) is 11.2. The molecule has 3 aromatic rings. The topological polar surface area (TPSA) is 43.4 Å². The molecule has 0 bridgehead atoms. The van der Waals surface area contributed by atoms with Crippen molar-refractivity contribution in [3.05, 3.63) is 59.2 Å². The first-order valence-electron chi connectivity index (χ1n) is 7.22. The van der Waals surface area contributed by atoms with Crippen molar-refractivity contribution in [1.82, 2.24) is 4.98 Å². The number of anilines is 1. The summed E-state index contributed by atoms with van der Waals surface area (Å²) in [6.07, 6.45) is 0. The van der Waals surface area contributed by atoms with Crippen molar-refractivity contribution in [3.8, 4) is 11.5 Å². The fraction of sp³-hybridized carbons (Fsp3) is 0.167. The van der Waals surface area contributed by atoms with Gasteiger partial charge in [-0.15, -0.1) is 0 Å². The molecule has 0 saturated carbocycles. The first kappa shape index (κ1) is 15.4. The average Bonchev–Trinajstić information content (AvgIpc) is 2.59. The maximum Gasteiger partial charge on any atom is 0.165 e. The summed E-state index contributed by atoms with van der Waals surface area (Å²) >= 11 is 6.25. The second-order valence-electron chi connectivity index (χ2n) is 5.03. The Morgan fingerprint density at radius 3 is 2.65 bits per heavy atom. The molecule has 1 aromatic heterocycles. The average molecular weight is 329 g/mol. The van der Waals surface area contributed by atoms with Crippen LogP contribution in [0.5, 0.6) is 11.5 Å². The van der Waals surface area contributed by atoms with E-state index in [0.29, 0.717) is 17.4 Å². The molecule has 0 amide bonds. The quantitative estimate of drug-likeness (QED) is 0.699. The Balaban J connectivity index is 1.86. The number of rotatable bonds is 5. The largest absolute Gasteiger partial charge is 0.493 e. The minimum atomic E-state index is 0.489. The van der Waals surface area contributed by atoms with E-state index in [0.717, 1.165) is 27.9 Å². The molecule has 5 heteroatoms. The van der Waals surface area contributed by atoms with Crippen molar-refractivity contribution in [2.24, 2.45) is 0 Å². The zero-order valence-electron chi connectivity index (χ0n) is 13.0. The van der Waals surface area contributed by atoms with Crippen LogP contribution in [0.15, 0.2) is 48.5 Å². The fourth-order valence-electron chi connectivity index (χ4n) is 2.53. The van der Waals surface area contributed by atoms with E-state index in [-0.39, 0.29) is 0 Å². The molecular weight excluding hydrogens is 312 g/mol. The molecule has 0 fully saturated rings. The van der Waals surface area contributed by atoms with Crippen LogP contribution in [0.2, 0.25) is 5.15 Å². The summed E-state index contributed by atoms with van der Waals surface area (Å²) in [5, 5.41) is 5.77. The SMILES string of the molecule is COc1cccc(CNc2cc3ccccc3c(Cl)n2)c1OC. The number of aromatic nitrogens is 1. The number of halogens is 1. The molecule has 0 aliphatic rings. The lowest BCUT2D eigenvalue weighted by Gasteiger charge is -2.14. The number of fused-ring (bicyclic) bond motifs is 1. The molecule has 0 spiro atoms. The molecule has 4 nitrogen and oxygen atoms in total.